The summed E-state index contributed by atoms with van der Waals surface area (Å²) in [6.07, 6.45) is 1.52. The molecular formula is C22H21N3O3. The maximum absolute atomic E-state index is 12.4. The van der Waals surface area contributed by atoms with Gasteiger partial charge in [-0.2, -0.15) is 0 Å². The molecule has 2 N–H and O–H groups in total. The first-order chi connectivity index (χ1) is 13.5. The molecule has 0 saturated heterocycles. The second-order valence-corrected chi connectivity index (χ2v) is 6.40. The molecule has 0 bridgehead atoms. The number of aryl methyl sites for hydroxylation is 2. The van der Waals surface area contributed by atoms with Crippen LogP contribution < -0.4 is 10.6 Å². The molecule has 6 heteroatoms. The predicted molar refractivity (Wildman–Crippen MR) is 109 cm³/mol. The lowest BCUT2D eigenvalue weighted by Gasteiger charge is -2.10. The SMILES string of the molecule is COC(=O)c1ccc(Nc2ccc(C(=O)Nc3ccc(C)cc3C)cn2)cc1. The lowest BCUT2D eigenvalue weighted by atomic mass is 10.1. The lowest BCUT2D eigenvalue weighted by Crippen LogP contribution is -2.13. The summed E-state index contributed by atoms with van der Waals surface area (Å²) in [4.78, 5) is 28.2. The highest BCUT2D eigenvalue weighted by atomic mass is 16.5. The summed E-state index contributed by atoms with van der Waals surface area (Å²) < 4.78 is 4.68. The third-order valence-electron chi connectivity index (χ3n) is 4.23. The molecule has 0 aliphatic rings. The molecule has 0 saturated carbocycles. The van der Waals surface area contributed by atoms with Gasteiger partial charge in [-0.3, -0.25) is 4.79 Å². The number of ether oxygens (including phenoxy) is 1. The summed E-state index contributed by atoms with van der Waals surface area (Å²) in [6, 6.07) is 16.2. The molecule has 0 spiro atoms. The van der Waals surface area contributed by atoms with Gasteiger partial charge in [-0.1, -0.05) is 17.7 Å². The zero-order valence-corrected chi connectivity index (χ0v) is 15.9. The highest BCUT2D eigenvalue weighted by Crippen LogP contribution is 2.19. The van der Waals surface area contributed by atoms with Crippen molar-refractivity contribution in [2.45, 2.75) is 13.8 Å². The lowest BCUT2D eigenvalue weighted by molar-refractivity contribution is 0.0600. The molecule has 3 aromatic rings. The number of nitrogens with one attached hydrogen (secondary N) is 2. The van der Waals surface area contributed by atoms with Crippen LogP contribution in [-0.2, 0) is 4.74 Å². The largest absolute Gasteiger partial charge is 0.465 e. The van der Waals surface area contributed by atoms with E-state index in [1.807, 2.05) is 32.0 Å². The van der Waals surface area contributed by atoms with Crippen LogP contribution in [0.2, 0.25) is 0 Å². The minimum atomic E-state index is -0.385. The summed E-state index contributed by atoms with van der Waals surface area (Å²) in [5.74, 6) is -0.00817. The Bertz CT molecular complexity index is 997. The fourth-order valence-corrected chi connectivity index (χ4v) is 2.71. The number of amides is 1. The van der Waals surface area contributed by atoms with E-state index in [9.17, 15) is 9.59 Å². The van der Waals surface area contributed by atoms with Crippen molar-refractivity contribution >= 4 is 29.1 Å². The van der Waals surface area contributed by atoms with Crippen LogP contribution in [-0.4, -0.2) is 24.0 Å². The molecule has 6 nitrogen and oxygen atoms in total. The molecule has 28 heavy (non-hydrogen) atoms. The Morgan fingerprint density at radius 3 is 2.25 bits per heavy atom. The Labute approximate surface area is 163 Å². The van der Waals surface area contributed by atoms with Crippen LogP contribution in [0.25, 0.3) is 0 Å². The van der Waals surface area contributed by atoms with Gasteiger partial charge < -0.3 is 15.4 Å². The molecular weight excluding hydrogens is 354 g/mol. The van der Waals surface area contributed by atoms with Crippen molar-refractivity contribution in [2.24, 2.45) is 0 Å². The number of methoxy groups -OCH3 is 1. The van der Waals surface area contributed by atoms with Crippen LogP contribution in [0.5, 0.6) is 0 Å². The molecule has 0 fully saturated rings. The van der Waals surface area contributed by atoms with Crippen LogP contribution in [0.1, 0.15) is 31.8 Å². The quantitative estimate of drug-likeness (QED) is 0.643. The Kier molecular flexibility index (Phi) is 5.69. The maximum atomic E-state index is 12.4. The number of hydrogen-bond donors (Lipinski definition) is 2. The number of rotatable bonds is 5. The summed E-state index contributed by atoms with van der Waals surface area (Å²) in [7, 11) is 1.34. The van der Waals surface area contributed by atoms with Gasteiger partial charge in [-0.05, 0) is 61.9 Å². The zero-order valence-electron chi connectivity index (χ0n) is 15.9. The van der Waals surface area contributed by atoms with Crippen molar-refractivity contribution in [1.29, 1.82) is 0 Å². The van der Waals surface area contributed by atoms with Gasteiger partial charge >= 0.3 is 5.97 Å². The molecule has 0 aliphatic carbocycles. The van der Waals surface area contributed by atoms with Crippen LogP contribution >= 0.6 is 0 Å². The number of benzene rings is 2. The van der Waals surface area contributed by atoms with E-state index in [4.69, 9.17) is 0 Å². The number of carbonyl (C=O) groups excluding carboxylic acids is 2. The smallest absolute Gasteiger partial charge is 0.337 e. The summed E-state index contributed by atoms with van der Waals surface area (Å²) in [5.41, 5.74) is 4.64. The van der Waals surface area contributed by atoms with E-state index < -0.39 is 0 Å². The number of pyridine rings is 1. The standard InChI is InChI=1S/C22H21N3O3/c1-14-4-10-19(15(2)12-14)25-21(26)17-7-11-20(23-13-17)24-18-8-5-16(6-9-18)22(27)28-3/h4-13H,1-3H3,(H,23,24)(H,25,26). The van der Waals surface area contributed by atoms with Crippen molar-refractivity contribution in [2.75, 3.05) is 17.7 Å². The van der Waals surface area contributed by atoms with Gasteiger partial charge in [0.1, 0.15) is 5.82 Å². The van der Waals surface area contributed by atoms with Gasteiger partial charge in [0.05, 0.1) is 18.2 Å². The number of anilines is 3. The second kappa shape index (κ2) is 8.35. The zero-order chi connectivity index (χ0) is 20.1. The third kappa shape index (κ3) is 4.54. The van der Waals surface area contributed by atoms with E-state index in [1.54, 1.807) is 36.4 Å². The van der Waals surface area contributed by atoms with Gasteiger partial charge in [0.25, 0.3) is 5.91 Å². The first-order valence-electron chi connectivity index (χ1n) is 8.76. The van der Waals surface area contributed by atoms with Crippen molar-refractivity contribution < 1.29 is 14.3 Å². The van der Waals surface area contributed by atoms with E-state index in [2.05, 4.69) is 20.4 Å². The monoisotopic (exact) mass is 375 g/mol. The summed E-state index contributed by atoms with van der Waals surface area (Å²) in [5, 5.41) is 6.03. The molecule has 142 valence electrons. The maximum Gasteiger partial charge on any atom is 0.337 e. The fourth-order valence-electron chi connectivity index (χ4n) is 2.71. The molecule has 0 aliphatic heterocycles. The first-order valence-corrected chi connectivity index (χ1v) is 8.76. The van der Waals surface area contributed by atoms with E-state index in [-0.39, 0.29) is 11.9 Å². The highest BCUT2D eigenvalue weighted by molar-refractivity contribution is 6.04. The highest BCUT2D eigenvalue weighted by Gasteiger charge is 2.09. The van der Waals surface area contributed by atoms with Crippen molar-refractivity contribution in [1.82, 2.24) is 4.98 Å². The van der Waals surface area contributed by atoms with E-state index in [0.29, 0.717) is 16.9 Å². The number of nitrogens with zero attached hydrogens (tertiary/aromatic N) is 1. The number of esters is 1. The Morgan fingerprint density at radius 2 is 1.64 bits per heavy atom. The molecule has 0 unspecified atom stereocenters. The van der Waals surface area contributed by atoms with E-state index in [0.717, 1.165) is 22.5 Å². The minimum absolute atomic E-state index is 0.214. The van der Waals surface area contributed by atoms with Crippen molar-refractivity contribution in [3.05, 3.63) is 83.0 Å². The summed E-state index contributed by atoms with van der Waals surface area (Å²) in [6.45, 7) is 3.97. The van der Waals surface area contributed by atoms with Gasteiger partial charge in [0, 0.05) is 17.6 Å². The van der Waals surface area contributed by atoms with Crippen LogP contribution in [0, 0.1) is 13.8 Å². The average Bonchev–Trinajstić information content (AvgIpc) is 2.70. The molecule has 1 aromatic heterocycles. The van der Waals surface area contributed by atoms with E-state index in [1.165, 1.54) is 13.3 Å². The second-order valence-electron chi connectivity index (χ2n) is 6.40. The molecule has 2 aromatic carbocycles. The number of carbonyl (C=O) groups is 2. The van der Waals surface area contributed by atoms with Crippen molar-refractivity contribution in [3.8, 4) is 0 Å². The average molecular weight is 375 g/mol. The minimum Gasteiger partial charge on any atom is -0.465 e. The number of aromatic nitrogens is 1. The fraction of sp³-hybridized carbons (Fsp3) is 0.136. The Balaban J connectivity index is 1.65. The van der Waals surface area contributed by atoms with Gasteiger partial charge in [0.2, 0.25) is 0 Å². The topological polar surface area (TPSA) is 80.3 Å². The first kappa shape index (κ1) is 19.1. The normalized spacial score (nSPS) is 10.2. The number of hydrogen-bond acceptors (Lipinski definition) is 5. The molecule has 3 rings (SSSR count). The third-order valence-corrected chi connectivity index (χ3v) is 4.23. The van der Waals surface area contributed by atoms with Crippen LogP contribution in [0.15, 0.2) is 60.8 Å². The van der Waals surface area contributed by atoms with Gasteiger partial charge in [-0.25, -0.2) is 9.78 Å². The Morgan fingerprint density at radius 1 is 0.929 bits per heavy atom. The van der Waals surface area contributed by atoms with Gasteiger partial charge in [0.15, 0.2) is 0 Å². The van der Waals surface area contributed by atoms with Crippen molar-refractivity contribution in [3.63, 3.8) is 0 Å². The van der Waals surface area contributed by atoms with Crippen LogP contribution in [0.4, 0.5) is 17.2 Å². The predicted octanol–water partition coefficient (Wildman–Crippen LogP) is 4.48. The molecule has 1 heterocycles. The van der Waals surface area contributed by atoms with E-state index >= 15 is 0 Å². The van der Waals surface area contributed by atoms with Gasteiger partial charge in [-0.15, -0.1) is 0 Å². The molecule has 0 radical (unpaired) electrons. The molecule has 0 atom stereocenters. The Hall–Kier alpha value is -3.67. The van der Waals surface area contributed by atoms with Crippen LogP contribution in [0.3, 0.4) is 0 Å². The molecule has 1 amide bonds. The summed E-state index contributed by atoms with van der Waals surface area (Å²) >= 11 is 0.